The average Bonchev–Trinajstić information content (AvgIpc) is 2.73. The Labute approximate surface area is 116 Å². The predicted molar refractivity (Wildman–Crippen MR) is 69.9 cm³/mol. The number of amides is 1. The van der Waals surface area contributed by atoms with Crippen LogP contribution >= 0.6 is 0 Å². The molecular formula is C14H17NO5. The van der Waals surface area contributed by atoms with Crippen molar-refractivity contribution in [3.05, 3.63) is 22.6 Å². The summed E-state index contributed by atoms with van der Waals surface area (Å²) in [7, 11) is 1.52. The van der Waals surface area contributed by atoms with E-state index in [9.17, 15) is 14.4 Å². The number of hydrogen-bond acceptors (Lipinski definition) is 4. The zero-order valence-corrected chi connectivity index (χ0v) is 11.6. The van der Waals surface area contributed by atoms with Crippen LogP contribution in [-0.2, 0) is 11.2 Å². The summed E-state index contributed by atoms with van der Waals surface area (Å²) in [4.78, 5) is 35.9. The SMILES string of the molecule is Cc1c(C(=O)N(C)CCC(=O)O)oc2c1C(=O)CCC2. The van der Waals surface area contributed by atoms with E-state index in [1.807, 2.05) is 0 Å². The molecule has 0 saturated heterocycles. The predicted octanol–water partition coefficient (Wildman–Crippen LogP) is 1.65. The molecule has 6 nitrogen and oxygen atoms in total. The zero-order valence-electron chi connectivity index (χ0n) is 11.6. The summed E-state index contributed by atoms with van der Waals surface area (Å²) >= 11 is 0. The van der Waals surface area contributed by atoms with E-state index in [1.165, 1.54) is 11.9 Å². The lowest BCUT2D eigenvalue weighted by molar-refractivity contribution is -0.137. The molecule has 0 unspecified atom stereocenters. The largest absolute Gasteiger partial charge is 0.481 e. The molecule has 0 atom stereocenters. The molecule has 20 heavy (non-hydrogen) atoms. The molecule has 1 aliphatic carbocycles. The van der Waals surface area contributed by atoms with Gasteiger partial charge < -0.3 is 14.4 Å². The number of fused-ring (bicyclic) bond motifs is 1. The van der Waals surface area contributed by atoms with Crippen LogP contribution in [-0.4, -0.2) is 41.3 Å². The number of ketones is 1. The highest BCUT2D eigenvalue weighted by Gasteiger charge is 2.29. The standard InChI is InChI=1S/C14H17NO5/c1-8-12-9(16)4-3-5-10(12)20-13(8)14(19)15(2)7-6-11(17)18/h3-7H2,1-2H3,(H,17,18). The first-order chi connectivity index (χ1) is 9.41. The van der Waals surface area contributed by atoms with E-state index < -0.39 is 5.97 Å². The van der Waals surface area contributed by atoms with E-state index in [4.69, 9.17) is 9.52 Å². The van der Waals surface area contributed by atoms with Gasteiger partial charge in [-0.2, -0.15) is 0 Å². The summed E-state index contributed by atoms with van der Waals surface area (Å²) in [6.07, 6.45) is 1.76. The third-order valence-corrected chi connectivity index (χ3v) is 3.51. The van der Waals surface area contributed by atoms with Crippen molar-refractivity contribution in [1.82, 2.24) is 4.90 Å². The molecule has 2 rings (SSSR count). The Morgan fingerprint density at radius 3 is 2.65 bits per heavy atom. The van der Waals surface area contributed by atoms with Gasteiger partial charge in [0.25, 0.3) is 5.91 Å². The summed E-state index contributed by atoms with van der Waals surface area (Å²) in [6, 6.07) is 0. The number of hydrogen-bond donors (Lipinski definition) is 1. The maximum absolute atomic E-state index is 12.2. The minimum Gasteiger partial charge on any atom is -0.481 e. The van der Waals surface area contributed by atoms with Crippen molar-refractivity contribution in [2.45, 2.75) is 32.6 Å². The van der Waals surface area contributed by atoms with Crippen LogP contribution in [0.25, 0.3) is 0 Å². The van der Waals surface area contributed by atoms with Gasteiger partial charge in [-0.25, -0.2) is 0 Å². The number of carboxylic acid groups (broad SMARTS) is 1. The second-order valence-corrected chi connectivity index (χ2v) is 5.00. The zero-order chi connectivity index (χ0) is 14.9. The summed E-state index contributed by atoms with van der Waals surface area (Å²) in [5, 5.41) is 8.63. The lowest BCUT2D eigenvalue weighted by Crippen LogP contribution is -2.29. The fourth-order valence-corrected chi connectivity index (χ4v) is 2.39. The van der Waals surface area contributed by atoms with Gasteiger partial charge in [0.1, 0.15) is 5.76 Å². The van der Waals surface area contributed by atoms with Crippen LogP contribution in [0.2, 0.25) is 0 Å². The summed E-state index contributed by atoms with van der Waals surface area (Å²) in [5.74, 6) is -0.604. The third-order valence-electron chi connectivity index (χ3n) is 3.51. The first kappa shape index (κ1) is 14.3. The van der Waals surface area contributed by atoms with E-state index in [0.29, 0.717) is 29.7 Å². The highest BCUT2D eigenvalue weighted by molar-refractivity contribution is 6.03. The van der Waals surface area contributed by atoms with Crippen molar-refractivity contribution in [3.8, 4) is 0 Å². The Balaban J connectivity index is 2.23. The first-order valence-electron chi connectivity index (χ1n) is 6.54. The van der Waals surface area contributed by atoms with Gasteiger partial charge in [-0.3, -0.25) is 14.4 Å². The monoisotopic (exact) mass is 279 g/mol. The molecule has 1 heterocycles. The molecule has 0 bridgehead atoms. The topological polar surface area (TPSA) is 87.8 Å². The number of Topliss-reactive ketones (excluding diaryl/α,β-unsaturated/α-hetero) is 1. The Kier molecular flexibility index (Phi) is 3.92. The molecule has 1 aliphatic rings. The van der Waals surface area contributed by atoms with Crippen molar-refractivity contribution in [2.24, 2.45) is 0 Å². The van der Waals surface area contributed by atoms with Crippen LogP contribution in [0.4, 0.5) is 0 Å². The second kappa shape index (κ2) is 5.48. The van der Waals surface area contributed by atoms with Crippen molar-refractivity contribution < 1.29 is 23.9 Å². The van der Waals surface area contributed by atoms with Crippen molar-refractivity contribution >= 4 is 17.7 Å². The molecule has 6 heteroatoms. The Morgan fingerprint density at radius 1 is 1.35 bits per heavy atom. The van der Waals surface area contributed by atoms with E-state index in [0.717, 1.165) is 6.42 Å². The second-order valence-electron chi connectivity index (χ2n) is 5.00. The van der Waals surface area contributed by atoms with Crippen LogP contribution in [0, 0.1) is 6.92 Å². The molecule has 108 valence electrons. The summed E-state index contributed by atoms with van der Waals surface area (Å²) < 4.78 is 5.54. The van der Waals surface area contributed by atoms with Gasteiger partial charge in [0.2, 0.25) is 0 Å². The van der Waals surface area contributed by atoms with Crippen molar-refractivity contribution in [3.63, 3.8) is 0 Å². The van der Waals surface area contributed by atoms with Crippen LogP contribution in [0.1, 0.15) is 51.5 Å². The van der Waals surface area contributed by atoms with E-state index >= 15 is 0 Å². The quantitative estimate of drug-likeness (QED) is 0.905. The number of aryl methyl sites for hydroxylation is 1. The molecule has 0 aliphatic heterocycles. The van der Waals surface area contributed by atoms with Gasteiger partial charge in [0.05, 0.1) is 12.0 Å². The van der Waals surface area contributed by atoms with Crippen LogP contribution in [0.15, 0.2) is 4.42 Å². The molecule has 0 aromatic carbocycles. The fraction of sp³-hybridized carbons (Fsp3) is 0.500. The normalized spacial score (nSPS) is 14.0. The maximum atomic E-state index is 12.2. The number of nitrogens with zero attached hydrogens (tertiary/aromatic N) is 1. The van der Waals surface area contributed by atoms with Crippen molar-refractivity contribution in [1.29, 1.82) is 0 Å². The van der Waals surface area contributed by atoms with Crippen molar-refractivity contribution in [2.75, 3.05) is 13.6 Å². The summed E-state index contributed by atoms with van der Waals surface area (Å²) in [6.45, 7) is 1.80. The Morgan fingerprint density at radius 2 is 2.05 bits per heavy atom. The van der Waals surface area contributed by atoms with Gasteiger partial charge in [0, 0.05) is 32.0 Å². The molecule has 0 fully saturated rings. The molecule has 0 saturated carbocycles. The number of rotatable bonds is 4. The van der Waals surface area contributed by atoms with Gasteiger partial charge in [-0.1, -0.05) is 0 Å². The van der Waals surface area contributed by atoms with Crippen LogP contribution in [0.5, 0.6) is 0 Å². The smallest absolute Gasteiger partial charge is 0.305 e. The molecule has 1 aromatic heterocycles. The van der Waals surface area contributed by atoms with Gasteiger partial charge in [-0.05, 0) is 13.3 Å². The molecule has 0 spiro atoms. The Hall–Kier alpha value is -2.11. The maximum Gasteiger partial charge on any atom is 0.305 e. The first-order valence-corrected chi connectivity index (χ1v) is 6.54. The van der Waals surface area contributed by atoms with Gasteiger partial charge in [0.15, 0.2) is 11.5 Å². The highest BCUT2D eigenvalue weighted by atomic mass is 16.4. The lowest BCUT2D eigenvalue weighted by atomic mass is 9.94. The molecule has 1 amide bonds. The molecule has 0 radical (unpaired) electrons. The number of furan rings is 1. The lowest BCUT2D eigenvalue weighted by Gasteiger charge is -2.14. The number of carbonyl (C=O) groups is 3. The van der Waals surface area contributed by atoms with E-state index in [-0.39, 0.29) is 30.4 Å². The number of carboxylic acids is 1. The minimum atomic E-state index is -0.963. The van der Waals surface area contributed by atoms with E-state index in [1.54, 1.807) is 6.92 Å². The molecule has 1 N–H and O–H groups in total. The Bertz CT molecular complexity index is 572. The van der Waals surface area contributed by atoms with Gasteiger partial charge in [-0.15, -0.1) is 0 Å². The highest BCUT2D eigenvalue weighted by Crippen LogP contribution is 2.29. The molecular weight excluding hydrogens is 262 g/mol. The minimum absolute atomic E-state index is 0.0136. The number of aliphatic carboxylic acids is 1. The fourth-order valence-electron chi connectivity index (χ4n) is 2.39. The van der Waals surface area contributed by atoms with E-state index in [2.05, 4.69) is 0 Å². The average molecular weight is 279 g/mol. The van der Waals surface area contributed by atoms with Crippen LogP contribution in [0.3, 0.4) is 0 Å². The third kappa shape index (κ3) is 2.59. The number of carbonyl (C=O) groups excluding carboxylic acids is 2. The van der Waals surface area contributed by atoms with Crippen LogP contribution < -0.4 is 0 Å². The summed E-state index contributed by atoms with van der Waals surface area (Å²) in [5.41, 5.74) is 1.10. The van der Waals surface area contributed by atoms with Gasteiger partial charge >= 0.3 is 5.97 Å². The molecule has 1 aromatic rings.